The van der Waals surface area contributed by atoms with E-state index in [9.17, 15) is 0 Å². The monoisotopic (exact) mass is 268 g/mol. The molecule has 0 fully saturated rings. The third kappa shape index (κ3) is 2.01. The van der Waals surface area contributed by atoms with E-state index >= 15 is 0 Å². The summed E-state index contributed by atoms with van der Waals surface area (Å²) in [5.41, 5.74) is 4.20. The van der Waals surface area contributed by atoms with E-state index in [0.29, 0.717) is 0 Å². The zero-order valence-corrected chi connectivity index (χ0v) is 10.1. The summed E-state index contributed by atoms with van der Waals surface area (Å²) in [6.07, 6.45) is 1.03. The standard InChI is InChI=1S/C10H9BrN2S/c1-2-7-3-8(5-9(11)4-7)10-13-12-6-14-10/h3-6H,2H2,1H3. The third-order valence-electron chi connectivity index (χ3n) is 1.97. The summed E-state index contributed by atoms with van der Waals surface area (Å²) >= 11 is 5.06. The van der Waals surface area contributed by atoms with Gasteiger partial charge in [-0.1, -0.05) is 34.2 Å². The molecule has 0 amide bonds. The molecule has 0 aliphatic carbocycles. The van der Waals surface area contributed by atoms with Crippen LogP contribution in [0.1, 0.15) is 12.5 Å². The second-order valence-electron chi connectivity index (χ2n) is 2.95. The minimum atomic E-state index is 0.973. The minimum Gasteiger partial charge on any atom is -0.147 e. The van der Waals surface area contributed by atoms with Gasteiger partial charge in [0.1, 0.15) is 10.5 Å². The van der Waals surface area contributed by atoms with Crippen molar-refractivity contribution in [1.82, 2.24) is 10.2 Å². The fourth-order valence-corrected chi connectivity index (χ4v) is 2.36. The first-order chi connectivity index (χ1) is 6.79. The molecule has 0 saturated carbocycles. The van der Waals surface area contributed by atoms with Crippen LogP contribution in [-0.2, 0) is 6.42 Å². The maximum atomic E-state index is 4.05. The highest BCUT2D eigenvalue weighted by Crippen LogP contribution is 2.26. The van der Waals surface area contributed by atoms with E-state index in [1.165, 1.54) is 5.56 Å². The lowest BCUT2D eigenvalue weighted by Crippen LogP contribution is -1.83. The van der Waals surface area contributed by atoms with Gasteiger partial charge in [0, 0.05) is 10.0 Å². The van der Waals surface area contributed by atoms with Gasteiger partial charge >= 0.3 is 0 Å². The Morgan fingerprint density at radius 3 is 2.86 bits per heavy atom. The number of rotatable bonds is 2. The maximum Gasteiger partial charge on any atom is 0.147 e. The summed E-state index contributed by atoms with van der Waals surface area (Å²) < 4.78 is 1.10. The zero-order valence-electron chi connectivity index (χ0n) is 7.70. The fourth-order valence-electron chi connectivity index (χ4n) is 1.28. The van der Waals surface area contributed by atoms with Crippen molar-refractivity contribution in [2.24, 2.45) is 0 Å². The summed E-state index contributed by atoms with van der Waals surface area (Å²) in [7, 11) is 0. The van der Waals surface area contributed by atoms with Crippen LogP contribution in [0.3, 0.4) is 0 Å². The normalized spacial score (nSPS) is 10.4. The molecule has 1 aromatic carbocycles. The summed E-state index contributed by atoms with van der Waals surface area (Å²) in [6, 6.07) is 6.36. The first kappa shape index (κ1) is 9.80. The fraction of sp³-hybridized carbons (Fsp3) is 0.200. The molecule has 1 aromatic heterocycles. The Labute approximate surface area is 95.1 Å². The molecular formula is C10H9BrN2S. The van der Waals surface area contributed by atoms with Crippen molar-refractivity contribution in [3.05, 3.63) is 33.7 Å². The van der Waals surface area contributed by atoms with Crippen LogP contribution in [0.2, 0.25) is 0 Å². The zero-order chi connectivity index (χ0) is 9.97. The molecule has 0 saturated heterocycles. The maximum absolute atomic E-state index is 4.05. The van der Waals surface area contributed by atoms with Crippen molar-refractivity contribution >= 4 is 27.3 Å². The predicted molar refractivity (Wildman–Crippen MR) is 62.4 cm³/mol. The van der Waals surface area contributed by atoms with Gasteiger partial charge in [-0.25, -0.2) is 0 Å². The van der Waals surface area contributed by atoms with Crippen LogP contribution >= 0.6 is 27.3 Å². The van der Waals surface area contributed by atoms with Gasteiger partial charge in [-0.2, -0.15) is 0 Å². The second-order valence-corrected chi connectivity index (χ2v) is 4.69. The highest BCUT2D eigenvalue weighted by Gasteiger charge is 2.03. The smallest absolute Gasteiger partial charge is 0.147 e. The summed E-state index contributed by atoms with van der Waals surface area (Å²) in [6.45, 7) is 2.14. The van der Waals surface area contributed by atoms with Crippen LogP contribution in [0.25, 0.3) is 10.6 Å². The molecule has 2 rings (SSSR count). The van der Waals surface area contributed by atoms with Gasteiger partial charge in [0.05, 0.1) is 0 Å². The van der Waals surface area contributed by atoms with E-state index in [0.717, 1.165) is 21.5 Å². The molecule has 0 bridgehead atoms. The topological polar surface area (TPSA) is 25.8 Å². The molecule has 0 atom stereocenters. The molecular weight excluding hydrogens is 260 g/mol. The van der Waals surface area contributed by atoms with Crippen molar-refractivity contribution in [2.45, 2.75) is 13.3 Å². The Balaban J connectivity index is 2.48. The average molecular weight is 269 g/mol. The number of aryl methyl sites for hydroxylation is 1. The molecule has 0 radical (unpaired) electrons. The van der Waals surface area contributed by atoms with Gasteiger partial charge in [0.25, 0.3) is 0 Å². The summed E-state index contributed by atoms with van der Waals surface area (Å²) in [5, 5.41) is 8.86. The Kier molecular flexibility index (Phi) is 2.93. The van der Waals surface area contributed by atoms with E-state index in [1.807, 2.05) is 0 Å². The van der Waals surface area contributed by atoms with Crippen molar-refractivity contribution in [1.29, 1.82) is 0 Å². The second kappa shape index (κ2) is 4.19. The van der Waals surface area contributed by atoms with Crippen molar-refractivity contribution in [3.63, 3.8) is 0 Å². The molecule has 2 nitrogen and oxygen atoms in total. The molecule has 72 valence electrons. The van der Waals surface area contributed by atoms with E-state index in [1.54, 1.807) is 16.8 Å². The summed E-state index contributed by atoms with van der Waals surface area (Å²) in [4.78, 5) is 0. The van der Waals surface area contributed by atoms with Crippen LogP contribution in [-0.4, -0.2) is 10.2 Å². The van der Waals surface area contributed by atoms with Crippen molar-refractivity contribution in [2.75, 3.05) is 0 Å². The minimum absolute atomic E-state index is 0.973. The Bertz CT molecular complexity index is 426. The first-order valence-electron chi connectivity index (χ1n) is 4.35. The number of aromatic nitrogens is 2. The molecule has 0 aliphatic heterocycles. The molecule has 0 unspecified atom stereocenters. The molecule has 4 heteroatoms. The van der Waals surface area contributed by atoms with Crippen molar-refractivity contribution < 1.29 is 0 Å². The number of halogens is 1. The molecule has 0 N–H and O–H groups in total. The molecule has 2 aromatic rings. The molecule has 0 spiro atoms. The van der Waals surface area contributed by atoms with Gasteiger partial charge in [-0.05, 0) is 30.2 Å². The largest absolute Gasteiger partial charge is 0.147 e. The Morgan fingerprint density at radius 1 is 1.36 bits per heavy atom. The van der Waals surface area contributed by atoms with E-state index in [4.69, 9.17) is 0 Å². The predicted octanol–water partition coefficient (Wildman–Crippen LogP) is 3.53. The number of nitrogens with zero attached hydrogens (tertiary/aromatic N) is 2. The van der Waals surface area contributed by atoms with Crippen LogP contribution in [0.5, 0.6) is 0 Å². The molecule has 1 heterocycles. The van der Waals surface area contributed by atoms with Crippen LogP contribution in [0.15, 0.2) is 28.2 Å². The first-order valence-corrected chi connectivity index (χ1v) is 6.03. The highest BCUT2D eigenvalue weighted by atomic mass is 79.9. The summed E-state index contributed by atoms with van der Waals surface area (Å²) in [5.74, 6) is 0. The SMILES string of the molecule is CCc1cc(Br)cc(-c2nncs2)c1. The van der Waals surface area contributed by atoms with Crippen LogP contribution in [0, 0.1) is 0 Å². The molecule has 14 heavy (non-hydrogen) atoms. The number of benzene rings is 1. The Morgan fingerprint density at radius 2 is 2.21 bits per heavy atom. The van der Waals surface area contributed by atoms with Crippen LogP contribution in [0.4, 0.5) is 0 Å². The lowest BCUT2D eigenvalue weighted by atomic mass is 10.1. The van der Waals surface area contributed by atoms with Gasteiger partial charge in [0.15, 0.2) is 0 Å². The number of hydrogen-bond donors (Lipinski definition) is 0. The molecule has 0 aliphatic rings. The average Bonchev–Trinajstić information content (AvgIpc) is 2.69. The Hall–Kier alpha value is -0.740. The van der Waals surface area contributed by atoms with E-state index in [-0.39, 0.29) is 0 Å². The van der Waals surface area contributed by atoms with Gasteiger partial charge in [-0.3, -0.25) is 0 Å². The van der Waals surface area contributed by atoms with E-state index in [2.05, 4.69) is 51.3 Å². The number of hydrogen-bond acceptors (Lipinski definition) is 3. The lowest BCUT2D eigenvalue weighted by molar-refractivity contribution is 1.09. The van der Waals surface area contributed by atoms with Gasteiger partial charge in [0.2, 0.25) is 0 Å². The third-order valence-corrected chi connectivity index (χ3v) is 3.17. The van der Waals surface area contributed by atoms with Gasteiger partial charge in [-0.15, -0.1) is 10.2 Å². The lowest BCUT2D eigenvalue weighted by Gasteiger charge is -2.01. The quantitative estimate of drug-likeness (QED) is 0.833. The van der Waals surface area contributed by atoms with Crippen molar-refractivity contribution in [3.8, 4) is 10.6 Å². The highest BCUT2D eigenvalue weighted by molar-refractivity contribution is 9.10. The van der Waals surface area contributed by atoms with E-state index < -0.39 is 0 Å². The van der Waals surface area contributed by atoms with Gasteiger partial charge < -0.3 is 0 Å². The van der Waals surface area contributed by atoms with Crippen LogP contribution < -0.4 is 0 Å².